The van der Waals surface area contributed by atoms with Crippen molar-refractivity contribution in [2.45, 2.75) is 25.7 Å². The van der Waals surface area contributed by atoms with Crippen LogP contribution in [0.2, 0.25) is 0 Å². The minimum Gasteiger partial charge on any atom is -0.493 e. The summed E-state index contributed by atoms with van der Waals surface area (Å²) in [5, 5.41) is 8.57. The van der Waals surface area contributed by atoms with E-state index in [2.05, 4.69) is 6.58 Å². The van der Waals surface area contributed by atoms with Crippen LogP contribution in [0.5, 0.6) is 5.75 Å². The molecule has 2 nitrogen and oxygen atoms in total. The van der Waals surface area contributed by atoms with Crippen molar-refractivity contribution in [2.24, 2.45) is 0 Å². The van der Waals surface area contributed by atoms with Gasteiger partial charge in [-0.3, -0.25) is 0 Å². The average molecular weight is 233 g/mol. The molecule has 0 fully saturated rings. The van der Waals surface area contributed by atoms with E-state index in [4.69, 9.17) is 10.00 Å². The van der Waals surface area contributed by atoms with Gasteiger partial charge >= 0.3 is 0 Å². The third-order valence-electron chi connectivity index (χ3n) is 2.38. The highest BCUT2D eigenvalue weighted by molar-refractivity contribution is 5.36. The van der Waals surface area contributed by atoms with Crippen molar-refractivity contribution in [2.75, 3.05) is 6.61 Å². The Kier molecular flexibility index (Phi) is 5.81. The van der Waals surface area contributed by atoms with Crippen molar-refractivity contribution >= 4 is 0 Å². The normalized spacial score (nSPS) is 9.65. The van der Waals surface area contributed by atoms with Crippen LogP contribution in [0.4, 0.5) is 4.39 Å². The number of nitrogens with zero attached hydrogens (tertiary/aromatic N) is 1. The Hall–Kier alpha value is -1.82. The summed E-state index contributed by atoms with van der Waals surface area (Å²) in [4.78, 5) is 0. The lowest BCUT2D eigenvalue weighted by Gasteiger charge is -2.06. The summed E-state index contributed by atoms with van der Waals surface area (Å²) in [6.45, 7) is 4.22. The molecule has 90 valence electrons. The molecule has 0 heterocycles. The molecule has 1 rings (SSSR count). The summed E-state index contributed by atoms with van der Waals surface area (Å²) >= 11 is 0. The van der Waals surface area contributed by atoms with Crippen molar-refractivity contribution in [3.05, 3.63) is 42.2 Å². The van der Waals surface area contributed by atoms with E-state index < -0.39 is 5.82 Å². The second kappa shape index (κ2) is 7.45. The van der Waals surface area contributed by atoms with E-state index in [1.807, 2.05) is 6.08 Å². The lowest BCUT2D eigenvalue weighted by atomic mass is 10.2. The van der Waals surface area contributed by atoms with E-state index in [0.717, 1.165) is 25.7 Å². The zero-order chi connectivity index (χ0) is 12.5. The van der Waals surface area contributed by atoms with Gasteiger partial charge in [-0.05, 0) is 37.8 Å². The van der Waals surface area contributed by atoms with Crippen molar-refractivity contribution in [3.8, 4) is 11.8 Å². The molecule has 0 unspecified atom stereocenters. The molecular formula is C14H16FNO. The highest BCUT2D eigenvalue weighted by Crippen LogP contribution is 2.16. The smallest absolute Gasteiger partial charge is 0.144 e. The van der Waals surface area contributed by atoms with Gasteiger partial charge in [0, 0.05) is 6.07 Å². The highest BCUT2D eigenvalue weighted by atomic mass is 19.1. The standard InChI is InChI=1S/C14H16FNO/c1-2-3-4-5-6-9-17-13-8-7-12(11-16)14(15)10-13/h2,7-8,10H,1,3-6,9H2. The van der Waals surface area contributed by atoms with Crippen LogP contribution in [0.3, 0.4) is 0 Å². The number of allylic oxidation sites excluding steroid dienone is 1. The largest absolute Gasteiger partial charge is 0.493 e. The Morgan fingerprint density at radius 1 is 1.35 bits per heavy atom. The number of hydrogen-bond acceptors (Lipinski definition) is 2. The van der Waals surface area contributed by atoms with Gasteiger partial charge in [0.25, 0.3) is 0 Å². The Morgan fingerprint density at radius 3 is 2.82 bits per heavy atom. The Balaban J connectivity index is 2.30. The molecule has 0 bridgehead atoms. The molecule has 1 aromatic rings. The molecular weight excluding hydrogens is 217 g/mol. The van der Waals surface area contributed by atoms with E-state index in [1.54, 1.807) is 12.1 Å². The molecule has 0 saturated heterocycles. The van der Waals surface area contributed by atoms with Crippen LogP contribution < -0.4 is 4.74 Å². The summed E-state index contributed by atoms with van der Waals surface area (Å²) in [6, 6.07) is 6.07. The Bertz CT molecular complexity index is 409. The fourth-order valence-corrected chi connectivity index (χ4v) is 1.43. The van der Waals surface area contributed by atoms with E-state index in [9.17, 15) is 4.39 Å². The van der Waals surface area contributed by atoms with Gasteiger partial charge in [0.15, 0.2) is 0 Å². The first-order valence-electron chi connectivity index (χ1n) is 5.71. The lowest BCUT2D eigenvalue weighted by Crippen LogP contribution is -1.98. The van der Waals surface area contributed by atoms with Gasteiger partial charge in [-0.1, -0.05) is 6.08 Å². The molecule has 0 aliphatic rings. The van der Waals surface area contributed by atoms with Crippen molar-refractivity contribution < 1.29 is 9.13 Å². The minimum atomic E-state index is -0.531. The van der Waals surface area contributed by atoms with Crippen molar-refractivity contribution in [3.63, 3.8) is 0 Å². The van der Waals surface area contributed by atoms with Gasteiger partial charge in [0.1, 0.15) is 17.6 Å². The van der Waals surface area contributed by atoms with Crippen LogP contribution in [0, 0.1) is 17.1 Å². The first-order valence-corrected chi connectivity index (χ1v) is 5.71. The zero-order valence-corrected chi connectivity index (χ0v) is 9.79. The van der Waals surface area contributed by atoms with E-state index in [-0.39, 0.29) is 5.56 Å². The van der Waals surface area contributed by atoms with Crippen molar-refractivity contribution in [1.29, 1.82) is 5.26 Å². The Labute approximate surface area is 101 Å². The van der Waals surface area contributed by atoms with Gasteiger partial charge in [-0.2, -0.15) is 5.26 Å². The maximum absolute atomic E-state index is 13.2. The number of nitriles is 1. The van der Waals surface area contributed by atoms with Crippen molar-refractivity contribution in [1.82, 2.24) is 0 Å². The maximum atomic E-state index is 13.2. The number of rotatable bonds is 7. The fraction of sp³-hybridized carbons (Fsp3) is 0.357. The molecule has 0 aliphatic carbocycles. The molecule has 0 saturated carbocycles. The average Bonchev–Trinajstić information content (AvgIpc) is 2.34. The van der Waals surface area contributed by atoms with E-state index in [0.29, 0.717) is 12.4 Å². The maximum Gasteiger partial charge on any atom is 0.144 e. The highest BCUT2D eigenvalue weighted by Gasteiger charge is 2.02. The predicted octanol–water partition coefficient (Wildman–Crippen LogP) is 3.82. The van der Waals surface area contributed by atoms with Gasteiger partial charge in [0.05, 0.1) is 12.2 Å². The van der Waals surface area contributed by atoms with Crippen LogP contribution in [0.15, 0.2) is 30.9 Å². The van der Waals surface area contributed by atoms with E-state index in [1.165, 1.54) is 12.1 Å². The molecule has 0 aromatic heterocycles. The summed E-state index contributed by atoms with van der Waals surface area (Å²) in [6.07, 6.45) is 6.04. The summed E-state index contributed by atoms with van der Waals surface area (Å²) in [5.74, 6) is -0.0538. The number of halogens is 1. The molecule has 0 spiro atoms. The van der Waals surface area contributed by atoms with Crippen LogP contribution in [0.25, 0.3) is 0 Å². The second-order valence-electron chi connectivity index (χ2n) is 3.74. The topological polar surface area (TPSA) is 33.0 Å². The summed E-state index contributed by atoms with van der Waals surface area (Å²) < 4.78 is 18.6. The minimum absolute atomic E-state index is 0.0448. The first kappa shape index (κ1) is 13.2. The van der Waals surface area contributed by atoms with Crippen LogP contribution in [-0.2, 0) is 0 Å². The third kappa shape index (κ3) is 4.69. The third-order valence-corrected chi connectivity index (χ3v) is 2.38. The monoisotopic (exact) mass is 233 g/mol. The zero-order valence-electron chi connectivity index (χ0n) is 9.79. The number of benzene rings is 1. The SMILES string of the molecule is C=CCCCCCOc1ccc(C#N)c(F)c1. The summed E-state index contributed by atoms with van der Waals surface area (Å²) in [7, 11) is 0. The first-order chi connectivity index (χ1) is 8.27. The molecule has 3 heteroatoms. The van der Waals surface area contributed by atoms with Crippen LogP contribution in [0.1, 0.15) is 31.2 Å². The van der Waals surface area contributed by atoms with Gasteiger partial charge in [-0.15, -0.1) is 6.58 Å². The van der Waals surface area contributed by atoms with Crippen LogP contribution in [-0.4, -0.2) is 6.61 Å². The lowest BCUT2D eigenvalue weighted by molar-refractivity contribution is 0.304. The molecule has 1 aromatic carbocycles. The molecule has 0 amide bonds. The predicted molar refractivity (Wildman–Crippen MR) is 65.3 cm³/mol. The molecule has 0 N–H and O–H groups in total. The van der Waals surface area contributed by atoms with Gasteiger partial charge < -0.3 is 4.74 Å². The molecule has 0 aliphatic heterocycles. The fourth-order valence-electron chi connectivity index (χ4n) is 1.43. The molecule has 17 heavy (non-hydrogen) atoms. The summed E-state index contributed by atoms with van der Waals surface area (Å²) in [5.41, 5.74) is 0.0448. The number of unbranched alkanes of at least 4 members (excludes halogenated alkanes) is 3. The number of ether oxygens (including phenoxy) is 1. The van der Waals surface area contributed by atoms with E-state index >= 15 is 0 Å². The van der Waals surface area contributed by atoms with Gasteiger partial charge in [0.2, 0.25) is 0 Å². The second-order valence-corrected chi connectivity index (χ2v) is 3.74. The Morgan fingerprint density at radius 2 is 2.18 bits per heavy atom. The molecule has 0 radical (unpaired) electrons. The quantitative estimate of drug-likeness (QED) is 0.529. The number of hydrogen-bond donors (Lipinski definition) is 0. The molecule has 0 atom stereocenters. The van der Waals surface area contributed by atoms with Gasteiger partial charge in [-0.25, -0.2) is 4.39 Å². The van der Waals surface area contributed by atoms with Crippen LogP contribution >= 0.6 is 0 Å².